The van der Waals surface area contributed by atoms with Crippen LogP contribution in [0.4, 0.5) is 0 Å². The van der Waals surface area contributed by atoms with Crippen molar-refractivity contribution in [2.24, 2.45) is 5.92 Å². The molecule has 0 aromatic carbocycles. The molecule has 0 N–H and O–H groups in total. The molecule has 2 saturated heterocycles. The van der Waals surface area contributed by atoms with E-state index in [1.165, 1.54) is 0 Å². The number of amides is 2. The van der Waals surface area contributed by atoms with Crippen molar-refractivity contribution < 1.29 is 14.0 Å². The first-order valence-corrected chi connectivity index (χ1v) is 9.40. The van der Waals surface area contributed by atoms with E-state index in [4.69, 9.17) is 4.42 Å². The second-order valence-electron chi connectivity index (χ2n) is 7.18. The van der Waals surface area contributed by atoms with Crippen molar-refractivity contribution in [3.63, 3.8) is 0 Å². The lowest BCUT2D eigenvalue weighted by Crippen LogP contribution is -2.50. The van der Waals surface area contributed by atoms with Crippen LogP contribution in [0.5, 0.6) is 0 Å². The highest BCUT2D eigenvalue weighted by atomic mass is 16.3. The summed E-state index contributed by atoms with van der Waals surface area (Å²) in [7, 11) is 0. The molecule has 27 heavy (non-hydrogen) atoms. The molecule has 2 aliphatic heterocycles. The fourth-order valence-electron chi connectivity index (χ4n) is 3.79. The fourth-order valence-corrected chi connectivity index (χ4v) is 3.79. The first-order valence-electron chi connectivity index (χ1n) is 9.40. The molecule has 4 heterocycles. The summed E-state index contributed by atoms with van der Waals surface area (Å²) in [4.78, 5) is 35.4. The highest BCUT2D eigenvalue weighted by Gasteiger charge is 2.37. The number of pyridine rings is 1. The number of furan rings is 1. The molecule has 0 saturated carbocycles. The number of hydrogen-bond donors (Lipinski definition) is 0. The summed E-state index contributed by atoms with van der Waals surface area (Å²) in [5.41, 5.74) is 0.852. The van der Waals surface area contributed by atoms with Gasteiger partial charge in [0.15, 0.2) is 0 Å². The summed E-state index contributed by atoms with van der Waals surface area (Å²) in [6.07, 6.45) is 3.71. The number of likely N-dealkylation sites (tertiary alicyclic amines) is 1. The van der Waals surface area contributed by atoms with Gasteiger partial charge in [-0.25, -0.2) is 0 Å². The van der Waals surface area contributed by atoms with Gasteiger partial charge in [0.2, 0.25) is 11.8 Å². The number of carbonyl (C=O) groups is 2. The number of piperazine rings is 1. The van der Waals surface area contributed by atoms with Crippen LogP contribution < -0.4 is 0 Å². The van der Waals surface area contributed by atoms with E-state index >= 15 is 0 Å². The van der Waals surface area contributed by atoms with Crippen molar-refractivity contribution in [1.29, 1.82) is 0 Å². The van der Waals surface area contributed by atoms with Gasteiger partial charge in [-0.2, -0.15) is 0 Å². The maximum absolute atomic E-state index is 12.9. The predicted molar refractivity (Wildman–Crippen MR) is 98.3 cm³/mol. The Kier molecular flexibility index (Phi) is 5.20. The van der Waals surface area contributed by atoms with Gasteiger partial charge in [-0.15, -0.1) is 0 Å². The predicted octanol–water partition coefficient (Wildman–Crippen LogP) is 1.37. The lowest BCUT2D eigenvalue weighted by molar-refractivity contribution is -0.137. The van der Waals surface area contributed by atoms with Gasteiger partial charge >= 0.3 is 0 Å². The van der Waals surface area contributed by atoms with E-state index < -0.39 is 0 Å². The smallest absolute Gasteiger partial charge is 0.228 e. The Balaban J connectivity index is 1.28. The average molecular weight is 368 g/mol. The summed E-state index contributed by atoms with van der Waals surface area (Å²) in [6, 6.07) is 9.53. The summed E-state index contributed by atoms with van der Waals surface area (Å²) < 4.78 is 5.39. The first kappa shape index (κ1) is 17.7. The fraction of sp³-hybridized carbons (Fsp3) is 0.450. The maximum Gasteiger partial charge on any atom is 0.228 e. The van der Waals surface area contributed by atoms with E-state index in [9.17, 15) is 9.59 Å². The van der Waals surface area contributed by atoms with Gasteiger partial charge in [-0.1, -0.05) is 6.07 Å². The minimum absolute atomic E-state index is 0.0375. The van der Waals surface area contributed by atoms with E-state index in [1.54, 1.807) is 17.4 Å². The lowest BCUT2D eigenvalue weighted by Gasteiger charge is -2.35. The summed E-state index contributed by atoms with van der Waals surface area (Å²) in [6.45, 7) is 4.78. The molecular formula is C20H24N4O3. The van der Waals surface area contributed by atoms with Gasteiger partial charge in [0.05, 0.1) is 31.0 Å². The van der Waals surface area contributed by atoms with Crippen molar-refractivity contribution in [3.05, 3.63) is 54.2 Å². The Morgan fingerprint density at radius 3 is 2.67 bits per heavy atom. The molecule has 0 aliphatic carbocycles. The molecule has 7 heteroatoms. The van der Waals surface area contributed by atoms with E-state index in [0.29, 0.717) is 32.6 Å². The second kappa shape index (κ2) is 7.92. The monoisotopic (exact) mass is 368 g/mol. The Bertz CT molecular complexity index is 770. The Morgan fingerprint density at radius 2 is 1.96 bits per heavy atom. The minimum Gasteiger partial charge on any atom is -0.468 e. The third-order valence-electron chi connectivity index (χ3n) is 5.29. The molecule has 2 amide bonds. The van der Waals surface area contributed by atoms with Crippen molar-refractivity contribution in [2.45, 2.75) is 19.5 Å². The van der Waals surface area contributed by atoms with Crippen molar-refractivity contribution in [1.82, 2.24) is 19.7 Å². The molecule has 142 valence electrons. The minimum atomic E-state index is -0.238. The standard InChI is InChI=1S/C20H24N4O3/c25-19-12-16(13-24(19)14-17-4-1-2-6-21-17)20(26)23-9-7-22(8-10-23)15-18-5-3-11-27-18/h1-6,11,16H,7-10,12-15H2/t16-/m1/s1. The van der Waals surface area contributed by atoms with Gasteiger partial charge in [0, 0.05) is 45.3 Å². The van der Waals surface area contributed by atoms with Crippen molar-refractivity contribution in [2.75, 3.05) is 32.7 Å². The summed E-state index contributed by atoms with van der Waals surface area (Å²) in [5, 5.41) is 0. The molecule has 0 unspecified atom stereocenters. The molecule has 0 spiro atoms. The SMILES string of the molecule is O=C1C[C@@H](C(=O)N2CCN(Cc3ccco3)CC2)CN1Cc1ccccn1. The van der Waals surface area contributed by atoms with Crippen LogP contribution in [0.2, 0.25) is 0 Å². The average Bonchev–Trinajstić information content (AvgIpc) is 3.33. The number of aromatic nitrogens is 1. The highest BCUT2D eigenvalue weighted by molar-refractivity contribution is 5.89. The van der Waals surface area contributed by atoms with E-state index in [1.807, 2.05) is 35.2 Å². The van der Waals surface area contributed by atoms with E-state index in [-0.39, 0.29) is 17.7 Å². The van der Waals surface area contributed by atoms with Crippen LogP contribution in [-0.2, 0) is 22.7 Å². The normalized spacial score (nSPS) is 21.0. The van der Waals surface area contributed by atoms with Crippen LogP contribution in [-0.4, -0.2) is 64.2 Å². The molecule has 2 aliphatic rings. The van der Waals surface area contributed by atoms with Crippen molar-refractivity contribution in [3.8, 4) is 0 Å². The van der Waals surface area contributed by atoms with Crippen LogP contribution in [0.15, 0.2) is 47.2 Å². The van der Waals surface area contributed by atoms with Crippen LogP contribution in [0, 0.1) is 5.92 Å². The van der Waals surface area contributed by atoms with Crippen LogP contribution in [0.1, 0.15) is 17.9 Å². The third kappa shape index (κ3) is 4.19. The molecule has 0 bridgehead atoms. The number of hydrogen-bond acceptors (Lipinski definition) is 5. The second-order valence-corrected chi connectivity index (χ2v) is 7.18. The maximum atomic E-state index is 12.9. The van der Waals surface area contributed by atoms with Gasteiger partial charge in [-0.05, 0) is 24.3 Å². The number of carbonyl (C=O) groups excluding carboxylic acids is 2. The van der Waals surface area contributed by atoms with Gasteiger partial charge in [-0.3, -0.25) is 19.5 Å². The first-order chi connectivity index (χ1) is 13.2. The molecule has 0 radical (unpaired) electrons. The van der Waals surface area contributed by atoms with Crippen LogP contribution >= 0.6 is 0 Å². The Labute approximate surface area is 158 Å². The van der Waals surface area contributed by atoms with Gasteiger partial charge in [0.1, 0.15) is 5.76 Å². The Hall–Kier alpha value is -2.67. The highest BCUT2D eigenvalue weighted by Crippen LogP contribution is 2.22. The molecule has 2 fully saturated rings. The summed E-state index contributed by atoms with van der Waals surface area (Å²) >= 11 is 0. The molecule has 4 rings (SSSR count). The van der Waals surface area contributed by atoms with Crippen molar-refractivity contribution >= 4 is 11.8 Å². The van der Waals surface area contributed by atoms with Gasteiger partial charge in [0.25, 0.3) is 0 Å². The molecule has 2 aromatic rings. The lowest BCUT2D eigenvalue weighted by atomic mass is 10.1. The molecular weight excluding hydrogens is 344 g/mol. The summed E-state index contributed by atoms with van der Waals surface area (Å²) in [5.74, 6) is 0.846. The topological polar surface area (TPSA) is 69.9 Å². The Morgan fingerprint density at radius 1 is 1.11 bits per heavy atom. The quantitative estimate of drug-likeness (QED) is 0.797. The zero-order valence-corrected chi connectivity index (χ0v) is 15.3. The van der Waals surface area contributed by atoms with Gasteiger partial charge < -0.3 is 14.2 Å². The third-order valence-corrected chi connectivity index (χ3v) is 5.29. The largest absolute Gasteiger partial charge is 0.468 e. The van der Waals surface area contributed by atoms with E-state index in [2.05, 4.69) is 9.88 Å². The van der Waals surface area contributed by atoms with E-state index in [0.717, 1.165) is 31.1 Å². The van der Waals surface area contributed by atoms with Crippen LogP contribution in [0.25, 0.3) is 0 Å². The number of nitrogens with zero attached hydrogens (tertiary/aromatic N) is 4. The number of rotatable bonds is 5. The molecule has 2 aromatic heterocycles. The zero-order chi connectivity index (χ0) is 18.6. The molecule has 7 nitrogen and oxygen atoms in total. The van der Waals surface area contributed by atoms with Crippen LogP contribution in [0.3, 0.4) is 0 Å². The molecule has 1 atom stereocenters. The zero-order valence-electron chi connectivity index (χ0n) is 15.3.